The summed E-state index contributed by atoms with van der Waals surface area (Å²) >= 11 is 0. The Morgan fingerprint density at radius 2 is 2.20 bits per heavy atom. The van der Waals surface area contributed by atoms with E-state index in [0.717, 1.165) is 41.2 Å². The van der Waals surface area contributed by atoms with Crippen molar-refractivity contribution in [2.75, 3.05) is 11.9 Å². The largest absolute Gasteiger partial charge is 0.330 e. The first kappa shape index (κ1) is 12.7. The minimum atomic E-state index is 0.0449. The first-order valence-corrected chi connectivity index (χ1v) is 6.71. The van der Waals surface area contributed by atoms with Crippen LogP contribution in [0.2, 0.25) is 0 Å². The summed E-state index contributed by atoms with van der Waals surface area (Å²) in [5.41, 5.74) is 9.32. The molecular formula is C15H16N4O. The summed E-state index contributed by atoms with van der Waals surface area (Å²) in [5.74, 6) is 0.853. The van der Waals surface area contributed by atoms with Crippen molar-refractivity contribution in [3.05, 3.63) is 41.9 Å². The van der Waals surface area contributed by atoms with Gasteiger partial charge in [-0.15, -0.1) is 0 Å². The van der Waals surface area contributed by atoms with E-state index in [1.54, 1.807) is 6.20 Å². The van der Waals surface area contributed by atoms with Gasteiger partial charge in [0.15, 0.2) is 0 Å². The lowest BCUT2D eigenvalue weighted by atomic mass is 10.1. The van der Waals surface area contributed by atoms with Gasteiger partial charge in [-0.25, -0.2) is 9.97 Å². The van der Waals surface area contributed by atoms with Gasteiger partial charge >= 0.3 is 0 Å². The normalized spacial score (nSPS) is 13.2. The van der Waals surface area contributed by atoms with E-state index in [4.69, 9.17) is 5.73 Å². The summed E-state index contributed by atoms with van der Waals surface area (Å²) in [7, 11) is 0. The molecule has 0 saturated heterocycles. The first-order valence-electron chi connectivity index (χ1n) is 6.71. The van der Waals surface area contributed by atoms with Crippen molar-refractivity contribution in [1.29, 1.82) is 0 Å². The van der Waals surface area contributed by atoms with Gasteiger partial charge in [-0.3, -0.25) is 4.79 Å². The molecule has 2 heterocycles. The maximum Gasteiger partial charge on any atom is 0.228 e. The molecule has 0 fully saturated rings. The number of nitrogens with two attached hydrogens (primary N) is 1. The number of amides is 1. The molecule has 5 nitrogen and oxygen atoms in total. The van der Waals surface area contributed by atoms with Gasteiger partial charge in [0, 0.05) is 23.9 Å². The van der Waals surface area contributed by atoms with Crippen LogP contribution in [0, 0.1) is 0 Å². The number of aryl methyl sites for hydroxylation is 1. The maximum absolute atomic E-state index is 11.4. The predicted molar refractivity (Wildman–Crippen MR) is 77.2 cm³/mol. The molecule has 0 spiro atoms. The number of hydrogen-bond acceptors (Lipinski definition) is 4. The lowest BCUT2D eigenvalue weighted by Gasteiger charge is -2.05. The minimum absolute atomic E-state index is 0.0449. The number of aromatic nitrogens is 2. The highest BCUT2D eigenvalue weighted by molar-refractivity contribution is 5.99. The third-order valence-corrected chi connectivity index (χ3v) is 3.34. The Balaban J connectivity index is 1.89. The number of hydrogen-bond donors (Lipinski definition) is 2. The molecule has 0 bridgehead atoms. The molecule has 20 heavy (non-hydrogen) atoms. The lowest BCUT2D eigenvalue weighted by Crippen LogP contribution is -2.03. The van der Waals surface area contributed by atoms with Crippen molar-refractivity contribution in [1.82, 2.24) is 9.97 Å². The second-order valence-electron chi connectivity index (χ2n) is 4.85. The lowest BCUT2D eigenvalue weighted by molar-refractivity contribution is -0.115. The molecule has 3 N–H and O–H groups in total. The van der Waals surface area contributed by atoms with E-state index in [0.29, 0.717) is 13.0 Å². The number of nitrogens with zero attached hydrogens (tertiary/aromatic N) is 2. The van der Waals surface area contributed by atoms with Crippen LogP contribution in [0.15, 0.2) is 30.5 Å². The molecule has 3 rings (SSSR count). The monoisotopic (exact) mass is 268 g/mol. The Hall–Kier alpha value is -2.27. The maximum atomic E-state index is 11.4. The van der Waals surface area contributed by atoms with E-state index in [-0.39, 0.29) is 5.91 Å². The molecule has 102 valence electrons. The highest BCUT2D eigenvalue weighted by Crippen LogP contribution is 2.28. The van der Waals surface area contributed by atoms with E-state index < -0.39 is 0 Å². The second-order valence-corrected chi connectivity index (χ2v) is 4.85. The molecule has 0 atom stereocenters. The summed E-state index contributed by atoms with van der Waals surface area (Å²) in [6.07, 6.45) is 3.88. The first-order chi connectivity index (χ1) is 9.76. The number of fused-ring (bicyclic) bond motifs is 1. The molecule has 0 radical (unpaired) electrons. The van der Waals surface area contributed by atoms with Gasteiger partial charge < -0.3 is 11.1 Å². The summed E-state index contributed by atoms with van der Waals surface area (Å²) in [6.45, 7) is 0.639. The van der Waals surface area contributed by atoms with Crippen molar-refractivity contribution >= 4 is 11.6 Å². The smallest absolute Gasteiger partial charge is 0.228 e. The molecule has 0 saturated carbocycles. The number of carbonyl (C=O) groups excluding carboxylic acids is 1. The second kappa shape index (κ2) is 5.38. The average molecular weight is 268 g/mol. The number of rotatable bonds is 4. The molecule has 1 amide bonds. The Labute approximate surface area is 117 Å². The van der Waals surface area contributed by atoms with Gasteiger partial charge in [0.25, 0.3) is 0 Å². The van der Waals surface area contributed by atoms with Crippen molar-refractivity contribution in [3.63, 3.8) is 0 Å². The molecule has 1 aromatic carbocycles. The topological polar surface area (TPSA) is 80.9 Å². The van der Waals surface area contributed by atoms with E-state index >= 15 is 0 Å². The highest BCUT2D eigenvalue weighted by Gasteiger charge is 2.18. The Kier molecular flexibility index (Phi) is 3.43. The van der Waals surface area contributed by atoms with E-state index in [2.05, 4.69) is 15.3 Å². The number of benzene rings is 1. The van der Waals surface area contributed by atoms with Crippen LogP contribution in [0.3, 0.4) is 0 Å². The van der Waals surface area contributed by atoms with Crippen molar-refractivity contribution in [2.24, 2.45) is 5.73 Å². The third-order valence-electron chi connectivity index (χ3n) is 3.34. The van der Waals surface area contributed by atoms with Crippen molar-refractivity contribution in [3.8, 4) is 11.3 Å². The van der Waals surface area contributed by atoms with E-state index in [9.17, 15) is 4.79 Å². The van der Waals surface area contributed by atoms with Gasteiger partial charge in [0.2, 0.25) is 5.91 Å². The summed E-state index contributed by atoms with van der Waals surface area (Å²) in [6, 6.07) is 7.80. The third kappa shape index (κ3) is 2.53. The quantitative estimate of drug-likeness (QED) is 0.881. The van der Waals surface area contributed by atoms with Crippen LogP contribution in [0.1, 0.15) is 17.8 Å². The van der Waals surface area contributed by atoms with E-state index in [1.165, 1.54) is 0 Å². The van der Waals surface area contributed by atoms with Crippen LogP contribution < -0.4 is 11.1 Å². The van der Waals surface area contributed by atoms with Crippen molar-refractivity contribution in [2.45, 2.75) is 19.3 Å². The molecule has 0 aliphatic carbocycles. The molecule has 1 aliphatic heterocycles. The van der Waals surface area contributed by atoms with Gasteiger partial charge in [-0.2, -0.15) is 0 Å². The molecule has 0 unspecified atom stereocenters. The highest BCUT2D eigenvalue weighted by atomic mass is 16.1. The minimum Gasteiger partial charge on any atom is -0.330 e. The fourth-order valence-electron chi connectivity index (χ4n) is 2.33. The van der Waals surface area contributed by atoms with Crippen molar-refractivity contribution < 1.29 is 4.79 Å². The number of nitrogens with one attached hydrogen (secondary N) is 1. The molecule has 5 heteroatoms. The Morgan fingerprint density at radius 3 is 3.05 bits per heavy atom. The molecule has 1 aliphatic rings. The SMILES string of the molecule is NCCCc1nccc(-c2ccc3c(c2)CC(=O)N3)n1. The Bertz CT molecular complexity index is 654. The van der Waals surface area contributed by atoms with Crippen LogP contribution in [-0.2, 0) is 17.6 Å². The summed E-state index contributed by atoms with van der Waals surface area (Å²) in [5, 5.41) is 2.83. The Morgan fingerprint density at radius 1 is 1.30 bits per heavy atom. The standard InChI is InChI=1S/C15H16N4O/c16-6-1-2-14-17-7-5-13(18-14)10-3-4-12-11(8-10)9-15(20)19-12/h3-5,7-8H,1-2,6,9,16H2,(H,19,20). The number of anilines is 1. The fourth-order valence-corrected chi connectivity index (χ4v) is 2.33. The zero-order valence-electron chi connectivity index (χ0n) is 11.1. The van der Waals surface area contributed by atoms with Gasteiger partial charge in [-0.1, -0.05) is 6.07 Å². The zero-order valence-corrected chi connectivity index (χ0v) is 11.1. The van der Waals surface area contributed by atoms with Crippen LogP contribution in [0.25, 0.3) is 11.3 Å². The summed E-state index contributed by atoms with van der Waals surface area (Å²) in [4.78, 5) is 20.2. The van der Waals surface area contributed by atoms with Crippen LogP contribution in [0.5, 0.6) is 0 Å². The summed E-state index contributed by atoms with van der Waals surface area (Å²) < 4.78 is 0. The number of carbonyl (C=O) groups is 1. The predicted octanol–water partition coefficient (Wildman–Crippen LogP) is 1.53. The van der Waals surface area contributed by atoms with Crippen LogP contribution in [0.4, 0.5) is 5.69 Å². The fraction of sp³-hybridized carbons (Fsp3) is 0.267. The molecular weight excluding hydrogens is 252 g/mol. The average Bonchev–Trinajstić information content (AvgIpc) is 2.84. The van der Waals surface area contributed by atoms with Gasteiger partial charge in [0.1, 0.15) is 5.82 Å². The van der Waals surface area contributed by atoms with Crippen LogP contribution >= 0.6 is 0 Å². The van der Waals surface area contributed by atoms with E-state index in [1.807, 2.05) is 24.3 Å². The van der Waals surface area contributed by atoms with Crippen LogP contribution in [-0.4, -0.2) is 22.4 Å². The van der Waals surface area contributed by atoms with Gasteiger partial charge in [-0.05, 0) is 36.7 Å². The molecule has 2 aromatic rings. The molecule has 1 aromatic heterocycles. The van der Waals surface area contributed by atoms with Gasteiger partial charge in [0.05, 0.1) is 12.1 Å². The zero-order chi connectivity index (χ0) is 13.9.